The van der Waals surface area contributed by atoms with Crippen molar-refractivity contribution in [3.05, 3.63) is 52.4 Å². The Bertz CT molecular complexity index is 538. The van der Waals surface area contributed by atoms with Gasteiger partial charge in [-0.1, -0.05) is 49.7 Å². The first-order valence-corrected chi connectivity index (χ1v) is 6.93. The summed E-state index contributed by atoms with van der Waals surface area (Å²) in [7, 11) is 0. The van der Waals surface area contributed by atoms with E-state index in [-0.39, 0.29) is 0 Å². The number of nitrogens with one attached hydrogen (secondary N) is 1. The number of anilines is 1. The summed E-state index contributed by atoms with van der Waals surface area (Å²) in [6, 6.07) is 8.59. The Balaban J connectivity index is 2.07. The van der Waals surface area contributed by atoms with E-state index in [0.29, 0.717) is 5.15 Å². The number of aromatic nitrogens is 2. The van der Waals surface area contributed by atoms with Gasteiger partial charge in [-0.15, -0.1) is 0 Å². The zero-order valence-corrected chi connectivity index (χ0v) is 12.0. The maximum Gasteiger partial charge on any atom is 0.137 e. The third-order valence-electron chi connectivity index (χ3n) is 3.14. The fourth-order valence-corrected chi connectivity index (χ4v) is 2.20. The standard InChI is InChI=1S/C15H18ClN3/c1-3-11-5-7-12(8-6-11)9-17-15-13(4-2)14(16)18-10-19-15/h5-8,10H,3-4,9H2,1-2H3,(H,17,18,19). The normalized spacial score (nSPS) is 10.5. The zero-order valence-electron chi connectivity index (χ0n) is 11.3. The highest BCUT2D eigenvalue weighted by Crippen LogP contribution is 2.20. The van der Waals surface area contributed by atoms with Crippen molar-refractivity contribution < 1.29 is 0 Å². The van der Waals surface area contributed by atoms with Crippen molar-refractivity contribution >= 4 is 17.4 Å². The number of hydrogen-bond acceptors (Lipinski definition) is 3. The van der Waals surface area contributed by atoms with E-state index < -0.39 is 0 Å². The molecule has 0 unspecified atom stereocenters. The maximum atomic E-state index is 6.06. The van der Waals surface area contributed by atoms with Crippen LogP contribution in [0, 0.1) is 0 Å². The number of nitrogens with zero attached hydrogens (tertiary/aromatic N) is 2. The van der Waals surface area contributed by atoms with Crippen LogP contribution in [0.1, 0.15) is 30.5 Å². The van der Waals surface area contributed by atoms with Gasteiger partial charge in [-0.25, -0.2) is 9.97 Å². The predicted molar refractivity (Wildman–Crippen MR) is 79.6 cm³/mol. The molecule has 0 aliphatic rings. The quantitative estimate of drug-likeness (QED) is 0.842. The summed E-state index contributed by atoms with van der Waals surface area (Å²) >= 11 is 6.06. The van der Waals surface area contributed by atoms with E-state index >= 15 is 0 Å². The highest BCUT2D eigenvalue weighted by Gasteiger charge is 2.07. The molecule has 0 atom stereocenters. The molecule has 1 aromatic carbocycles. The molecular weight excluding hydrogens is 258 g/mol. The van der Waals surface area contributed by atoms with Gasteiger partial charge < -0.3 is 5.32 Å². The molecule has 100 valence electrons. The van der Waals surface area contributed by atoms with Crippen LogP contribution in [-0.2, 0) is 19.4 Å². The molecule has 0 saturated carbocycles. The molecule has 1 aromatic heterocycles. The SMILES string of the molecule is CCc1ccc(CNc2ncnc(Cl)c2CC)cc1. The van der Waals surface area contributed by atoms with Crippen molar-refractivity contribution in [2.24, 2.45) is 0 Å². The van der Waals surface area contributed by atoms with Crippen LogP contribution in [0.5, 0.6) is 0 Å². The van der Waals surface area contributed by atoms with Crippen molar-refractivity contribution in [3.63, 3.8) is 0 Å². The molecule has 3 nitrogen and oxygen atoms in total. The Labute approximate surface area is 119 Å². The molecule has 0 radical (unpaired) electrons. The second kappa shape index (κ2) is 6.53. The van der Waals surface area contributed by atoms with Gasteiger partial charge in [0.15, 0.2) is 0 Å². The lowest BCUT2D eigenvalue weighted by molar-refractivity contribution is 1.01. The van der Waals surface area contributed by atoms with Gasteiger partial charge in [0.25, 0.3) is 0 Å². The number of rotatable bonds is 5. The fourth-order valence-electron chi connectivity index (χ4n) is 1.94. The van der Waals surface area contributed by atoms with Crippen molar-refractivity contribution in [3.8, 4) is 0 Å². The van der Waals surface area contributed by atoms with Crippen LogP contribution in [0.25, 0.3) is 0 Å². The largest absolute Gasteiger partial charge is 0.366 e. The minimum absolute atomic E-state index is 0.529. The topological polar surface area (TPSA) is 37.8 Å². The molecule has 4 heteroatoms. The fraction of sp³-hybridized carbons (Fsp3) is 0.333. The Morgan fingerprint density at radius 3 is 2.32 bits per heavy atom. The van der Waals surface area contributed by atoms with E-state index in [2.05, 4.69) is 46.5 Å². The average Bonchev–Trinajstić information content (AvgIpc) is 2.45. The average molecular weight is 276 g/mol. The zero-order chi connectivity index (χ0) is 13.7. The van der Waals surface area contributed by atoms with E-state index in [1.54, 1.807) is 0 Å². The summed E-state index contributed by atoms with van der Waals surface area (Å²) in [5, 5.41) is 3.85. The Hall–Kier alpha value is -1.61. The van der Waals surface area contributed by atoms with Crippen LogP contribution < -0.4 is 5.32 Å². The molecule has 1 N–H and O–H groups in total. The summed E-state index contributed by atoms with van der Waals surface area (Å²) in [5.74, 6) is 0.821. The third kappa shape index (κ3) is 3.44. The lowest BCUT2D eigenvalue weighted by Crippen LogP contribution is -2.05. The van der Waals surface area contributed by atoms with Gasteiger partial charge in [0, 0.05) is 12.1 Å². The second-order valence-corrected chi connectivity index (χ2v) is 4.73. The summed E-state index contributed by atoms with van der Waals surface area (Å²) < 4.78 is 0. The molecule has 0 aliphatic carbocycles. The summed E-state index contributed by atoms with van der Waals surface area (Å²) in [5.41, 5.74) is 3.55. The van der Waals surface area contributed by atoms with Gasteiger partial charge in [-0.05, 0) is 24.0 Å². The van der Waals surface area contributed by atoms with Gasteiger partial charge >= 0.3 is 0 Å². The van der Waals surface area contributed by atoms with Crippen molar-refractivity contribution in [1.82, 2.24) is 9.97 Å². The van der Waals surface area contributed by atoms with E-state index in [1.807, 2.05) is 6.92 Å². The van der Waals surface area contributed by atoms with Crippen molar-refractivity contribution in [2.45, 2.75) is 33.2 Å². The number of benzene rings is 1. The van der Waals surface area contributed by atoms with Gasteiger partial charge in [-0.3, -0.25) is 0 Å². The summed E-state index contributed by atoms with van der Waals surface area (Å²) in [4.78, 5) is 8.26. The van der Waals surface area contributed by atoms with Gasteiger partial charge in [-0.2, -0.15) is 0 Å². The van der Waals surface area contributed by atoms with E-state index in [0.717, 1.165) is 30.8 Å². The maximum absolute atomic E-state index is 6.06. The molecule has 0 fully saturated rings. The molecule has 0 amide bonds. The van der Waals surface area contributed by atoms with Crippen LogP contribution >= 0.6 is 11.6 Å². The Kier molecular flexibility index (Phi) is 4.74. The molecule has 2 aromatic rings. The predicted octanol–water partition coefficient (Wildman–Crippen LogP) is 3.87. The smallest absolute Gasteiger partial charge is 0.137 e. The van der Waals surface area contributed by atoms with E-state index in [4.69, 9.17) is 11.6 Å². The van der Waals surface area contributed by atoms with Gasteiger partial charge in [0.1, 0.15) is 17.3 Å². The Morgan fingerprint density at radius 1 is 1.00 bits per heavy atom. The molecule has 0 bridgehead atoms. The number of hydrogen-bond donors (Lipinski definition) is 1. The first-order chi connectivity index (χ1) is 9.24. The lowest BCUT2D eigenvalue weighted by Gasteiger charge is -2.10. The van der Waals surface area contributed by atoms with E-state index in [9.17, 15) is 0 Å². The Morgan fingerprint density at radius 2 is 1.68 bits per heavy atom. The monoisotopic (exact) mass is 275 g/mol. The van der Waals surface area contributed by atoms with Gasteiger partial charge in [0.05, 0.1) is 0 Å². The van der Waals surface area contributed by atoms with Crippen LogP contribution in [0.2, 0.25) is 5.15 Å². The summed E-state index contributed by atoms with van der Waals surface area (Å²) in [6.45, 7) is 4.94. The molecule has 19 heavy (non-hydrogen) atoms. The molecule has 0 spiro atoms. The number of halogens is 1. The first-order valence-electron chi connectivity index (χ1n) is 6.55. The third-order valence-corrected chi connectivity index (χ3v) is 3.46. The van der Waals surface area contributed by atoms with Crippen LogP contribution in [0.4, 0.5) is 5.82 Å². The molecule has 0 aliphatic heterocycles. The van der Waals surface area contributed by atoms with Crippen LogP contribution in [0.15, 0.2) is 30.6 Å². The van der Waals surface area contributed by atoms with Crippen molar-refractivity contribution in [1.29, 1.82) is 0 Å². The molecular formula is C15H18ClN3. The van der Waals surface area contributed by atoms with Crippen LogP contribution in [-0.4, -0.2) is 9.97 Å². The highest BCUT2D eigenvalue weighted by atomic mass is 35.5. The lowest BCUT2D eigenvalue weighted by atomic mass is 10.1. The van der Waals surface area contributed by atoms with Crippen molar-refractivity contribution in [2.75, 3.05) is 5.32 Å². The first kappa shape index (κ1) is 13.8. The summed E-state index contributed by atoms with van der Waals surface area (Å²) in [6.07, 6.45) is 3.37. The molecule has 1 heterocycles. The minimum Gasteiger partial charge on any atom is -0.366 e. The minimum atomic E-state index is 0.529. The van der Waals surface area contributed by atoms with E-state index in [1.165, 1.54) is 17.5 Å². The second-order valence-electron chi connectivity index (χ2n) is 4.37. The van der Waals surface area contributed by atoms with Crippen LogP contribution in [0.3, 0.4) is 0 Å². The molecule has 2 rings (SSSR count). The highest BCUT2D eigenvalue weighted by molar-refractivity contribution is 6.30. The van der Waals surface area contributed by atoms with Gasteiger partial charge in [0.2, 0.25) is 0 Å². The molecule has 0 saturated heterocycles. The number of aryl methyl sites for hydroxylation is 1.